The maximum atomic E-state index is 13.9. The zero-order valence-corrected chi connectivity index (χ0v) is 14.9. The van der Waals surface area contributed by atoms with Crippen molar-refractivity contribution in [2.45, 2.75) is 0 Å². The molecule has 0 heterocycles. The zero-order valence-electron chi connectivity index (χ0n) is 14.9. The van der Waals surface area contributed by atoms with Crippen LogP contribution in [-0.4, -0.2) is 5.97 Å². The molecule has 28 heavy (non-hydrogen) atoms. The van der Waals surface area contributed by atoms with Gasteiger partial charge in [0.15, 0.2) is 0 Å². The number of hydrogen-bond donors (Lipinski definition) is 0. The van der Waals surface area contributed by atoms with E-state index in [0.717, 1.165) is 5.56 Å². The molecule has 0 aliphatic rings. The molecule has 0 N–H and O–H groups in total. The van der Waals surface area contributed by atoms with Crippen LogP contribution in [0.15, 0.2) is 84.9 Å². The van der Waals surface area contributed by atoms with Crippen molar-refractivity contribution in [1.29, 1.82) is 5.26 Å². The first-order valence-electron chi connectivity index (χ1n) is 8.57. The Morgan fingerprint density at radius 1 is 0.893 bits per heavy atom. The molecular weight excluding hydrogens is 353 g/mol. The molecule has 0 atom stereocenters. The molecule has 0 radical (unpaired) electrons. The molecule has 3 rings (SSSR count). The van der Waals surface area contributed by atoms with Crippen LogP contribution >= 0.6 is 0 Å². The normalized spacial score (nSPS) is 11.2. The van der Waals surface area contributed by atoms with Gasteiger partial charge in [-0.05, 0) is 41.5 Å². The second-order valence-corrected chi connectivity index (χ2v) is 5.88. The molecular formula is C24H16FNO2. The molecule has 3 aromatic carbocycles. The van der Waals surface area contributed by atoms with Gasteiger partial charge in [0.2, 0.25) is 0 Å². The lowest BCUT2D eigenvalue weighted by atomic mass is 10.0. The minimum absolute atomic E-state index is 0.216. The Bertz CT molecular complexity index is 1060. The number of carbonyl (C=O) groups excluding carboxylic acids is 1. The van der Waals surface area contributed by atoms with E-state index in [0.29, 0.717) is 11.3 Å². The Kier molecular flexibility index (Phi) is 6.12. The monoisotopic (exact) mass is 369 g/mol. The van der Waals surface area contributed by atoms with Crippen molar-refractivity contribution in [2.24, 2.45) is 0 Å². The van der Waals surface area contributed by atoms with Crippen molar-refractivity contribution in [3.8, 4) is 11.8 Å². The minimum atomic E-state index is -0.490. The molecule has 0 aliphatic carbocycles. The number of benzene rings is 3. The van der Waals surface area contributed by atoms with Crippen molar-refractivity contribution in [3.05, 3.63) is 107 Å². The standard InChI is InChI=1S/C24H16FNO2/c25-23-9-5-4-8-22(23)20(17-26)16-19-10-13-21(14-11-19)28-24(27)15-12-18-6-2-1-3-7-18/h1-16H/b15-12+,20-16-. The third-order valence-corrected chi connectivity index (χ3v) is 3.91. The van der Waals surface area contributed by atoms with Crippen molar-refractivity contribution in [2.75, 3.05) is 0 Å². The summed E-state index contributed by atoms with van der Waals surface area (Å²) in [5.41, 5.74) is 2.05. The lowest BCUT2D eigenvalue weighted by Crippen LogP contribution is -2.03. The quantitative estimate of drug-likeness (QED) is 0.196. The summed E-state index contributed by atoms with van der Waals surface area (Å²) in [7, 11) is 0. The smallest absolute Gasteiger partial charge is 0.336 e. The van der Waals surface area contributed by atoms with Gasteiger partial charge in [-0.3, -0.25) is 0 Å². The average Bonchev–Trinajstić information content (AvgIpc) is 2.73. The first-order valence-corrected chi connectivity index (χ1v) is 8.57. The summed E-state index contributed by atoms with van der Waals surface area (Å²) in [5, 5.41) is 9.33. The minimum Gasteiger partial charge on any atom is -0.423 e. The molecule has 0 unspecified atom stereocenters. The van der Waals surface area contributed by atoms with E-state index in [9.17, 15) is 14.4 Å². The van der Waals surface area contributed by atoms with E-state index in [1.165, 1.54) is 12.1 Å². The number of ether oxygens (including phenoxy) is 1. The van der Waals surface area contributed by atoms with Crippen molar-refractivity contribution < 1.29 is 13.9 Å². The Morgan fingerprint density at radius 3 is 2.25 bits per heavy atom. The van der Waals surface area contributed by atoms with Crippen LogP contribution in [0.1, 0.15) is 16.7 Å². The van der Waals surface area contributed by atoms with Crippen molar-refractivity contribution >= 4 is 23.7 Å². The molecule has 136 valence electrons. The van der Waals surface area contributed by atoms with Crippen LogP contribution in [0.3, 0.4) is 0 Å². The van der Waals surface area contributed by atoms with Gasteiger partial charge in [0.25, 0.3) is 0 Å². The maximum absolute atomic E-state index is 13.9. The van der Waals surface area contributed by atoms with Crippen LogP contribution in [0.5, 0.6) is 5.75 Å². The van der Waals surface area contributed by atoms with Gasteiger partial charge in [-0.15, -0.1) is 0 Å². The van der Waals surface area contributed by atoms with Gasteiger partial charge >= 0.3 is 5.97 Å². The van der Waals surface area contributed by atoms with Crippen LogP contribution in [0, 0.1) is 17.1 Å². The molecule has 0 amide bonds. The molecule has 0 saturated heterocycles. The van der Waals surface area contributed by atoms with E-state index >= 15 is 0 Å². The number of hydrogen-bond acceptors (Lipinski definition) is 3. The molecule has 0 spiro atoms. The Balaban J connectivity index is 1.69. The highest BCUT2D eigenvalue weighted by molar-refractivity contribution is 5.90. The number of nitrogens with zero attached hydrogens (tertiary/aromatic N) is 1. The van der Waals surface area contributed by atoms with Gasteiger partial charge < -0.3 is 4.74 Å². The highest BCUT2D eigenvalue weighted by Gasteiger charge is 2.07. The number of carbonyl (C=O) groups is 1. The zero-order chi connectivity index (χ0) is 19.8. The van der Waals surface area contributed by atoms with Crippen molar-refractivity contribution in [1.82, 2.24) is 0 Å². The molecule has 0 aromatic heterocycles. The number of esters is 1. The second kappa shape index (κ2) is 9.11. The molecule has 0 aliphatic heterocycles. The lowest BCUT2D eigenvalue weighted by molar-refractivity contribution is -0.128. The maximum Gasteiger partial charge on any atom is 0.336 e. The fourth-order valence-electron chi connectivity index (χ4n) is 2.53. The summed E-state index contributed by atoms with van der Waals surface area (Å²) >= 11 is 0. The van der Waals surface area contributed by atoms with Crippen LogP contribution in [0.2, 0.25) is 0 Å². The molecule has 3 aromatic rings. The van der Waals surface area contributed by atoms with Gasteiger partial charge in [0, 0.05) is 11.6 Å². The summed E-state index contributed by atoms with van der Waals surface area (Å²) in [4.78, 5) is 11.9. The Hall–Kier alpha value is -3.97. The third-order valence-electron chi connectivity index (χ3n) is 3.91. The van der Waals surface area contributed by atoms with Crippen LogP contribution < -0.4 is 4.74 Å². The molecule has 0 fully saturated rings. The molecule has 0 bridgehead atoms. The summed E-state index contributed by atoms with van der Waals surface area (Å²) in [5.74, 6) is -0.563. The highest BCUT2D eigenvalue weighted by atomic mass is 19.1. The van der Waals surface area contributed by atoms with E-state index < -0.39 is 11.8 Å². The molecule has 3 nitrogen and oxygen atoms in total. The van der Waals surface area contributed by atoms with Gasteiger partial charge in [0.05, 0.1) is 11.6 Å². The summed E-state index contributed by atoms with van der Waals surface area (Å²) in [6, 6.07) is 24.2. The van der Waals surface area contributed by atoms with Gasteiger partial charge in [-0.25, -0.2) is 9.18 Å². The largest absolute Gasteiger partial charge is 0.423 e. The number of rotatable bonds is 5. The van der Waals surface area contributed by atoms with E-state index in [2.05, 4.69) is 0 Å². The summed E-state index contributed by atoms with van der Waals surface area (Å²) < 4.78 is 19.1. The second-order valence-electron chi connectivity index (χ2n) is 5.88. The first kappa shape index (κ1) is 18.8. The number of halogens is 1. The van der Waals surface area contributed by atoms with Gasteiger partial charge in [-0.1, -0.05) is 60.7 Å². The van der Waals surface area contributed by atoms with Crippen LogP contribution in [0.4, 0.5) is 4.39 Å². The lowest BCUT2D eigenvalue weighted by Gasteiger charge is -2.03. The fraction of sp³-hybridized carbons (Fsp3) is 0. The van der Waals surface area contributed by atoms with Gasteiger partial charge in [-0.2, -0.15) is 5.26 Å². The van der Waals surface area contributed by atoms with Crippen LogP contribution in [-0.2, 0) is 4.79 Å². The number of nitriles is 1. The predicted molar refractivity (Wildman–Crippen MR) is 107 cm³/mol. The number of allylic oxidation sites excluding steroid dienone is 1. The van der Waals surface area contributed by atoms with E-state index in [1.54, 1.807) is 54.6 Å². The van der Waals surface area contributed by atoms with E-state index in [-0.39, 0.29) is 11.1 Å². The topological polar surface area (TPSA) is 50.1 Å². The highest BCUT2D eigenvalue weighted by Crippen LogP contribution is 2.22. The summed E-state index contributed by atoms with van der Waals surface area (Å²) in [6.45, 7) is 0. The van der Waals surface area contributed by atoms with Crippen LogP contribution in [0.25, 0.3) is 17.7 Å². The predicted octanol–water partition coefficient (Wildman–Crippen LogP) is 5.51. The van der Waals surface area contributed by atoms with E-state index in [4.69, 9.17) is 4.74 Å². The Morgan fingerprint density at radius 2 is 1.57 bits per heavy atom. The fourth-order valence-corrected chi connectivity index (χ4v) is 2.53. The SMILES string of the molecule is N#C/C(=C/c1ccc(OC(=O)/C=C/c2ccccc2)cc1)c1ccccc1F. The van der Waals surface area contributed by atoms with Crippen molar-refractivity contribution in [3.63, 3.8) is 0 Å². The third kappa shape index (κ3) is 5.03. The molecule has 4 heteroatoms. The first-order chi connectivity index (χ1) is 13.7. The van der Waals surface area contributed by atoms with E-state index in [1.807, 2.05) is 36.4 Å². The Labute approximate surface area is 162 Å². The van der Waals surface area contributed by atoms with Gasteiger partial charge in [0.1, 0.15) is 11.6 Å². The average molecular weight is 369 g/mol. The summed E-state index contributed by atoms with van der Waals surface area (Å²) in [6.07, 6.45) is 4.61. The molecule has 0 saturated carbocycles.